The average molecular weight is 343 g/mol. The van der Waals surface area contributed by atoms with Crippen LogP contribution < -0.4 is 5.32 Å². The Morgan fingerprint density at radius 3 is 2.33 bits per heavy atom. The molecule has 0 fully saturated rings. The standard InChI is InChI=1S/C17H17N3O3S/c1-10-11(2)24-15(19-10)9-18-14(21)7-8-20-16(22)12-5-3-4-6-13(12)17(20)23/h3-6H,7-9H2,1-2H3,(H,18,21). The largest absolute Gasteiger partial charge is 0.350 e. The number of hydrogen-bond donors (Lipinski definition) is 1. The molecule has 2 heterocycles. The van der Waals surface area contributed by atoms with Crippen molar-refractivity contribution in [1.82, 2.24) is 15.2 Å². The van der Waals surface area contributed by atoms with Crippen LogP contribution in [0.4, 0.5) is 0 Å². The lowest BCUT2D eigenvalue weighted by atomic mass is 10.1. The van der Waals surface area contributed by atoms with Crippen molar-refractivity contribution >= 4 is 29.1 Å². The number of rotatable bonds is 5. The van der Waals surface area contributed by atoms with Crippen molar-refractivity contribution in [3.63, 3.8) is 0 Å². The van der Waals surface area contributed by atoms with Crippen LogP contribution in [0.15, 0.2) is 24.3 Å². The van der Waals surface area contributed by atoms with Crippen molar-refractivity contribution < 1.29 is 14.4 Å². The van der Waals surface area contributed by atoms with Gasteiger partial charge in [0.1, 0.15) is 5.01 Å². The Balaban J connectivity index is 1.54. The first-order chi connectivity index (χ1) is 11.5. The number of fused-ring (bicyclic) bond motifs is 1. The maximum absolute atomic E-state index is 12.2. The molecule has 1 aromatic heterocycles. The molecule has 0 spiro atoms. The van der Waals surface area contributed by atoms with E-state index in [2.05, 4.69) is 10.3 Å². The summed E-state index contributed by atoms with van der Waals surface area (Å²) in [6.45, 7) is 4.36. The second kappa shape index (κ2) is 6.52. The van der Waals surface area contributed by atoms with Crippen molar-refractivity contribution in [2.75, 3.05) is 6.54 Å². The maximum Gasteiger partial charge on any atom is 0.261 e. The molecule has 1 aliphatic rings. The minimum absolute atomic E-state index is 0.0775. The predicted octanol–water partition coefficient (Wildman–Crippen LogP) is 2.06. The number of nitrogens with one attached hydrogen (secondary N) is 1. The highest BCUT2D eigenvalue weighted by molar-refractivity contribution is 7.11. The molecular formula is C17H17N3O3S. The fourth-order valence-corrected chi connectivity index (χ4v) is 3.41. The fourth-order valence-electron chi connectivity index (χ4n) is 2.53. The lowest BCUT2D eigenvalue weighted by Gasteiger charge is -2.13. The number of carbonyl (C=O) groups is 3. The maximum atomic E-state index is 12.2. The Kier molecular flexibility index (Phi) is 4.44. The summed E-state index contributed by atoms with van der Waals surface area (Å²) >= 11 is 1.55. The van der Waals surface area contributed by atoms with E-state index in [4.69, 9.17) is 0 Å². The van der Waals surface area contributed by atoms with Gasteiger partial charge in [0.15, 0.2) is 0 Å². The van der Waals surface area contributed by atoms with E-state index in [1.54, 1.807) is 35.6 Å². The van der Waals surface area contributed by atoms with E-state index in [0.717, 1.165) is 20.5 Å². The molecule has 0 saturated heterocycles. The molecule has 6 nitrogen and oxygen atoms in total. The molecule has 1 aliphatic heterocycles. The topological polar surface area (TPSA) is 79.4 Å². The van der Waals surface area contributed by atoms with Crippen molar-refractivity contribution in [1.29, 1.82) is 0 Å². The molecule has 0 bridgehead atoms. The first-order valence-corrected chi connectivity index (χ1v) is 8.44. The fraction of sp³-hybridized carbons (Fsp3) is 0.294. The number of nitrogens with zero attached hydrogens (tertiary/aromatic N) is 2. The number of aryl methyl sites for hydroxylation is 2. The summed E-state index contributed by atoms with van der Waals surface area (Å²) in [5, 5.41) is 3.62. The minimum Gasteiger partial charge on any atom is -0.350 e. The molecule has 3 rings (SSSR count). The summed E-state index contributed by atoms with van der Waals surface area (Å²) in [6, 6.07) is 6.70. The van der Waals surface area contributed by atoms with Gasteiger partial charge in [-0.1, -0.05) is 12.1 Å². The van der Waals surface area contributed by atoms with Crippen LogP contribution in [0.1, 0.15) is 42.7 Å². The lowest BCUT2D eigenvalue weighted by Crippen LogP contribution is -2.34. The summed E-state index contributed by atoms with van der Waals surface area (Å²) < 4.78 is 0. The van der Waals surface area contributed by atoms with Gasteiger partial charge >= 0.3 is 0 Å². The zero-order valence-corrected chi connectivity index (χ0v) is 14.3. The van der Waals surface area contributed by atoms with Crippen LogP contribution >= 0.6 is 11.3 Å². The third kappa shape index (κ3) is 3.07. The van der Waals surface area contributed by atoms with Gasteiger partial charge in [0.05, 0.1) is 23.4 Å². The highest BCUT2D eigenvalue weighted by atomic mass is 32.1. The van der Waals surface area contributed by atoms with E-state index < -0.39 is 0 Å². The normalized spacial score (nSPS) is 13.3. The van der Waals surface area contributed by atoms with Gasteiger partial charge in [-0.2, -0.15) is 0 Å². The van der Waals surface area contributed by atoms with Gasteiger partial charge in [-0.15, -0.1) is 11.3 Å². The van der Waals surface area contributed by atoms with Gasteiger partial charge in [0.2, 0.25) is 5.91 Å². The molecule has 0 radical (unpaired) electrons. The number of hydrogen-bond acceptors (Lipinski definition) is 5. The molecule has 0 aliphatic carbocycles. The van der Waals surface area contributed by atoms with Crippen LogP contribution in [0.3, 0.4) is 0 Å². The van der Waals surface area contributed by atoms with Crippen LogP contribution in [-0.2, 0) is 11.3 Å². The Morgan fingerprint density at radius 2 is 1.79 bits per heavy atom. The summed E-state index contributed by atoms with van der Waals surface area (Å²) in [5.74, 6) is -0.888. The molecule has 1 aromatic carbocycles. The highest BCUT2D eigenvalue weighted by Crippen LogP contribution is 2.22. The van der Waals surface area contributed by atoms with Gasteiger partial charge in [-0.3, -0.25) is 19.3 Å². The van der Waals surface area contributed by atoms with Crippen molar-refractivity contribution in [2.45, 2.75) is 26.8 Å². The monoisotopic (exact) mass is 343 g/mol. The van der Waals surface area contributed by atoms with Gasteiger partial charge in [-0.05, 0) is 26.0 Å². The van der Waals surface area contributed by atoms with Crippen LogP contribution in [0.2, 0.25) is 0 Å². The number of amides is 3. The van der Waals surface area contributed by atoms with E-state index >= 15 is 0 Å². The van der Waals surface area contributed by atoms with Gasteiger partial charge in [-0.25, -0.2) is 4.98 Å². The van der Waals surface area contributed by atoms with E-state index in [0.29, 0.717) is 17.7 Å². The van der Waals surface area contributed by atoms with E-state index in [1.165, 1.54) is 0 Å². The third-order valence-corrected chi connectivity index (χ3v) is 5.02. The van der Waals surface area contributed by atoms with Crippen molar-refractivity contribution in [3.8, 4) is 0 Å². The molecule has 0 unspecified atom stereocenters. The second-order valence-corrected chi connectivity index (χ2v) is 6.87. The van der Waals surface area contributed by atoms with Crippen LogP contribution in [0, 0.1) is 13.8 Å². The Labute approximate surface area is 143 Å². The van der Waals surface area contributed by atoms with Crippen molar-refractivity contribution in [3.05, 3.63) is 51.0 Å². The van der Waals surface area contributed by atoms with Crippen LogP contribution in [0.5, 0.6) is 0 Å². The molecule has 2 aromatic rings. The van der Waals surface area contributed by atoms with E-state index in [1.807, 2.05) is 13.8 Å². The smallest absolute Gasteiger partial charge is 0.261 e. The van der Waals surface area contributed by atoms with Crippen molar-refractivity contribution in [2.24, 2.45) is 0 Å². The zero-order chi connectivity index (χ0) is 17.3. The Hall–Kier alpha value is -2.54. The second-order valence-electron chi connectivity index (χ2n) is 5.58. The Morgan fingerprint density at radius 1 is 1.17 bits per heavy atom. The molecular weight excluding hydrogens is 326 g/mol. The number of carbonyl (C=O) groups excluding carboxylic acids is 3. The predicted molar refractivity (Wildman–Crippen MR) is 89.9 cm³/mol. The van der Waals surface area contributed by atoms with E-state index in [-0.39, 0.29) is 30.7 Å². The van der Waals surface area contributed by atoms with E-state index in [9.17, 15) is 14.4 Å². The molecule has 7 heteroatoms. The number of thiazole rings is 1. The molecule has 124 valence electrons. The molecule has 1 N–H and O–H groups in total. The summed E-state index contributed by atoms with van der Waals surface area (Å²) in [4.78, 5) is 43.0. The highest BCUT2D eigenvalue weighted by Gasteiger charge is 2.34. The van der Waals surface area contributed by atoms with Crippen LogP contribution in [0.25, 0.3) is 0 Å². The molecule has 24 heavy (non-hydrogen) atoms. The molecule has 3 amide bonds. The lowest BCUT2D eigenvalue weighted by molar-refractivity contribution is -0.121. The number of imide groups is 1. The molecule has 0 saturated carbocycles. The number of benzene rings is 1. The molecule has 0 atom stereocenters. The van der Waals surface area contributed by atoms with Gasteiger partial charge in [0, 0.05) is 17.8 Å². The minimum atomic E-state index is -0.338. The quantitative estimate of drug-likeness (QED) is 0.843. The summed E-state index contributed by atoms with van der Waals surface area (Å²) in [5.41, 5.74) is 1.77. The Bertz CT molecular complexity index is 774. The van der Waals surface area contributed by atoms with Gasteiger partial charge < -0.3 is 5.32 Å². The first kappa shape index (κ1) is 16.3. The third-order valence-electron chi connectivity index (χ3n) is 3.95. The summed E-state index contributed by atoms with van der Waals surface area (Å²) in [7, 11) is 0. The summed E-state index contributed by atoms with van der Waals surface area (Å²) in [6.07, 6.45) is 0.0782. The number of aromatic nitrogens is 1. The first-order valence-electron chi connectivity index (χ1n) is 7.62. The van der Waals surface area contributed by atoms with Gasteiger partial charge in [0.25, 0.3) is 11.8 Å². The van der Waals surface area contributed by atoms with Crippen LogP contribution in [-0.4, -0.2) is 34.2 Å². The average Bonchev–Trinajstić information content (AvgIpc) is 3.02. The SMILES string of the molecule is Cc1nc(CNC(=O)CCN2C(=O)c3ccccc3C2=O)sc1C. The zero-order valence-electron chi connectivity index (χ0n) is 13.5.